The molecule has 0 aliphatic heterocycles. The normalized spacial score (nSPS) is 11.1. The zero-order valence-corrected chi connectivity index (χ0v) is 65.0. The Morgan fingerprint density at radius 3 is 0.925 bits per heavy atom. The van der Waals surface area contributed by atoms with Crippen molar-refractivity contribution in [3.8, 4) is 23.0 Å². The molecule has 0 saturated heterocycles. The summed E-state index contributed by atoms with van der Waals surface area (Å²) in [6.45, 7) is 1.47. The van der Waals surface area contributed by atoms with Gasteiger partial charge in [0.1, 0.15) is 46.3 Å². The minimum Gasteiger partial charge on any atom is -0.495 e. The zero-order chi connectivity index (χ0) is 83.7. The molecule has 7 aromatic heterocycles. The Hall–Kier alpha value is -15.9. The molecule has 0 radical (unpaired) electrons. The number of nitrogens with one attached hydrogen (secondary N) is 8. The van der Waals surface area contributed by atoms with Crippen LogP contribution in [0.3, 0.4) is 0 Å². The van der Waals surface area contributed by atoms with Crippen molar-refractivity contribution >= 4 is 116 Å². The number of nitrogens with zero attached hydrogens (tertiary/aromatic N) is 7. The second-order valence-corrected chi connectivity index (χ2v) is 26.5. The molecule has 8 N–H and O–H groups in total. The first-order valence-corrected chi connectivity index (χ1v) is 37.4. The third-order valence-electron chi connectivity index (χ3n) is 18.7. The predicted molar refractivity (Wildman–Crippen MR) is 456 cm³/mol. The molecule has 0 unspecified atom stereocenters. The molecular weight excluding hydrogens is 1530 g/mol. The highest BCUT2D eigenvalue weighted by Crippen LogP contribution is 2.37. The van der Waals surface area contributed by atoms with Crippen LogP contribution in [0.15, 0.2) is 249 Å². The molecule has 600 valence electrons. The van der Waals surface area contributed by atoms with Gasteiger partial charge in [-0.1, -0.05) is 115 Å². The van der Waals surface area contributed by atoms with Gasteiger partial charge in [-0.15, -0.1) is 0 Å². The summed E-state index contributed by atoms with van der Waals surface area (Å²) in [4.78, 5) is 63.4. The van der Waals surface area contributed by atoms with E-state index in [-0.39, 0.29) is 46.9 Å². The third kappa shape index (κ3) is 20.8. The molecule has 0 atom stereocenters. The fourth-order valence-corrected chi connectivity index (χ4v) is 12.7. The van der Waals surface area contributed by atoms with Crippen LogP contribution in [0.1, 0.15) is 109 Å². The van der Waals surface area contributed by atoms with Crippen LogP contribution in [0.25, 0.3) is 92.2 Å². The highest BCUT2D eigenvalue weighted by molar-refractivity contribution is 6.09. The van der Waals surface area contributed by atoms with Crippen molar-refractivity contribution in [3.63, 3.8) is 0 Å². The first kappa shape index (κ1) is 82.1. The van der Waals surface area contributed by atoms with Crippen LogP contribution in [0.5, 0.6) is 23.0 Å². The van der Waals surface area contributed by atoms with E-state index < -0.39 is 0 Å². The SMILES string of the molecule is COc1c(C(=O)NCc2ccccc2)ccc2n[nH]c(/C=C/c3ccc(F)cc3)c12.COc1c(C(=O)NCc2ccccn2)ccc2n[nH]c(/C=C/c3ccc(F)cc3)c12.COc1c(C(=O)NCc2cccnc2)ccc2n[nH]c(/C=C/c3ccc(F)cc3)c12.COc1c(C(=O)NCc2ccncc2)ccc2n[nH]c(/C=C/c3ccc(F)cc3)c12. The van der Waals surface area contributed by atoms with Crippen molar-refractivity contribution in [2.24, 2.45) is 0 Å². The number of methoxy groups -OCH3 is 4. The number of halogens is 4. The van der Waals surface area contributed by atoms with E-state index in [1.165, 1.54) is 77.0 Å². The van der Waals surface area contributed by atoms with E-state index >= 15 is 0 Å². The summed E-state index contributed by atoms with van der Waals surface area (Å²) in [5, 5.41) is 43.4. The number of aromatic nitrogens is 11. The molecule has 4 amide bonds. The Balaban J connectivity index is 0.000000138. The van der Waals surface area contributed by atoms with Crippen LogP contribution < -0.4 is 40.2 Å². The topological polar surface area (TPSA) is 307 Å². The number of fused-ring (bicyclic) bond motifs is 4. The molecule has 0 aliphatic rings. The number of H-pyrrole nitrogens is 4. The van der Waals surface area contributed by atoms with Crippen LogP contribution >= 0.6 is 0 Å². The maximum Gasteiger partial charge on any atom is 0.255 e. The monoisotopic (exact) mass is 1610 g/mol. The van der Waals surface area contributed by atoms with Crippen molar-refractivity contribution in [1.82, 2.24) is 77.0 Å². The quantitative estimate of drug-likeness (QED) is 0.0261. The van der Waals surface area contributed by atoms with Crippen LogP contribution in [-0.2, 0) is 26.2 Å². The number of amides is 4. The summed E-state index contributed by atoms with van der Waals surface area (Å²) in [6.07, 6.45) is 23.1. The number of aromatic amines is 4. The Morgan fingerprint density at radius 2 is 0.617 bits per heavy atom. The van der Waals surface area contributed by atoms with Gasteiger partial charge in [-0.3, -0.25) is 54.5 Å². The lowest BCUT2D eigenvalue weighted by molar-refractivity contribution is 0.0939. The van der Waals surface area contributed by atoms with E-state index in [2.05, 4.69) is 77.0 Å². The van der Waals surface area contributed by atoms with Crippen LogP contribution in [-0.4, -0.2) is 108 Å². The number of carbonyl (C=O) groups excluding carboxylic acids is 4. The summed E-state index contributed by atoms with van der Waals surface area (Å²) in [7, 11) is 6.09. The zero-order valence-electron chi connectivity index (χ0n) is 65.0. The molecule has 0 saturated carbocycles. The molecule has 0 bridgehead atoms. The first-order valence-electron chi connectivity index (χ1n) is 37.4. The minimum atomic E-state index is -0.290. The average molecular weight is 1610 g/mol. The van der Waals surface area contributed by atoms with E-state index in [0.29, 0.717) is 138 Å². The lowest BCUT2D eigenvalue weighted by atomic mass is 10.1. The summed E-state index contributed by atoms with van der Waals surface area (Å²) in [5.74, 6) is -0.408. The number of hydrogen-bond donors (Lipinski definition) is 8. The molecule has 7 heterocycles. The van der Waals surface area contributed by atoms with Gasteiger partial charge in [0.2, 0.25) is 0 Å². The second kappa shape index (κ2) is 39.9. The summed E-state index contributed by atoms with van der Waals surface area (Å²) in [6, 6.07) is 61.1. The van der Waals surface area contributed by atoms with Crippen LogP contribution in [0.4, 0.5) is 17.6 Å². The largest absolute Gasteiger partial charge is 0.495 e. The number of pyridine rings is 3. The molecule has 23 nitrogen and oxygen atoms in total. The second-order valence-electron chi connectivity index (χ2n) is 26.5. The van der Waals surface area contributed by atoms with Gasteiger partial charge in [-0.25, -0.2) is 17.6 Å². The smallest absolute Gasteiger partial charge is 0.255 e. The van der Waals surface area contributed by atoms with Gasteiger partial charge in [0, 0.05) is 50.6 Å². The van der Waals surface area contributed by atoms with Gasteiger partial charge in [-0.05, 0) is 191 Å². The number of rotatable bonds is 24. The van der Waals surface area contributed by atoms with Gasteiger partial charge in [-0.2, -0.15) is 20.4 Å². The molecular formula is C93H77F4N15O8. The van der Waals surface area contributed by atoms with Crippen molar-refractivity contribution in [1.29, 1.82) is 0 Å². The first-order chi connectivity index (χ1) is 58.6. The molecule has 0 fully saturated rings. The number of carbonyl (C=O) groups is 4. The maximum atomic E-state index is 13.1. The summed E-state index contributed by atoms with van der Waals surface area (Å²) in [5.41, 5.74) is 14.1. The Kier molecular flexibility index (Phi) is 27.3. The number of ether oxygens (including phenoxy) is 4. The Bertz CT molecular complexity index is 5570. The summed E-state index contributed by atoms with van der Waals surface area (Å²) >= 11 is 0. The fourth-order valence-electron chi connectivity index (χ4n) is 12.7. The van der Waals surface area contributed by atoms with Gasteiger partial charge >= 0.3 is 0 Å². The van der Waals surface area contributed by atoms with Crippen molar-refractivity contribution in [2.75, 3.05) is 28.4 Å². The minimum absolute atomic E-state index is 0.229. The van der Waals surface area contributed by atoms with E-state index in [4.69, 9.17) is 18.9 Å². The van der Waals surface area contributed by atoms with Crippen LogP contribution in [0, 0.1) is 23.3 Å². The standard InChI is InChI=1S/C24H20FN3O2.3C23H19FN4O2/c1-30-23-19(24(29)26-15-17-5-3-2-4-6-17)12-14-21-22(23)20(27-28-21)13-9-16-7-10-18(25)11-8-16;1-30-22-18(23(29)26-14-16-10-12-25-13-11-16)7-9-20-21(22)19(27-28-20)8-4-15-2-5-17(24)6-3-15;1-30-22-18(23(29)26-14-16-3-2-12-25-13-16)9-11-20-21(22)19(27-28-20)10-6-15-4-7-17(24)8-5-15;1-30-22-18(23(29)26-14-17-4-2-3-13-25-17)10-12-20-21(22)19(27-28-20)11-7-15-5-8-16(24)9-6-15/h2-14H,15H2,1H3,(H,26,29)(H,27,28);3*2-13H,14H2,1H3,(H,26,29)(H,27,28)/b13-9+;8-4+;10-6+;11-7+. The van der Waals surface area contributed by atoms with E-state index in [0.717, 1.165) is 44.6 Å². The molecule has 0 aliphatic carbocycles. The Morgan fingerprint density at radius 1 is 0.308 bits per heavy atom. The molecule has 16 aromatic rings. The lowest BCUT2D eigenvalue weighted by Crippen LogP contribution is -2.23. The molecule has 0 spiro atoms. The van der Waals surface area contributed by atoms with Crippen molar-refractivity contribution in [2.45, 2.75) is 26.2 Å². The number of benzene rings is 9. The maximum absolute atomic E-state index is 13.1. The third-order valence-corrected chi connectivity index (χ3v) is 18.7. The fraction of sp³-hybridized carbons (Fsp3) is 0.0860. The summed E-state index contributed by atoms with van der Waals surface area (Å²) < 4.78 is 74.7. The van der Waals surface area contributed by atoms with Crippen LogP contribution in [0.2, 0.25) is 0 Å². The van der Waals surface area contributed by atoms with Gasteiger partial charge in [0.05, 0.1) is 129 Å². The van der Waals surface area contributed by atoms with Gasteiger partial charge in [0.15, 0.2) is 0 Å². The molecule has 27 heteroatoms. The molecule has 16 rings (SSSR count). The van der Waals surface area contributed by atoms with Crippen molar-refractivity contribution in [3.05, 3.63) is 362 Å². The van der Waals surface area contributed by atoms with Gasteiger partial charge in [0.25, 0.3) is 23.6 Å². The molecule has 9 aromatic carbocycles. The van der Waals surface area contributed by atoms with E-state index in [1.54, 1.807) is 128 Å². The highest BCUT2D eigenvalue weighted by Gasteiger charge is 2.24. The Labute approximate surface area is 685 Å². The highest BCUT2D eigenvalue weighted by atomic mass is 19.1. The molecule has 120 heavy (non-hydrogen) atoms. The van der Waals surface area contributed by atoms with Gasteiger partial charge < -0.3 is 40.2 Å². The lowest BCUT2D eigenvalue weighted by Gasteiger charge is -2.11. The number of hydrogen-bond acceptors (Lipinski definition) is 15. The van der Waals surface area contributed by atoms with Crippen molar-refractivity contribution < 1.29 is 55.7 Å². The van der Waals surface area contributed by atoms with E-state index in [1.807, 2.05) is 121 Å². The van der Waals surface area contributed by atoms with E-state index in [9.17, 15) is 36.7 Å². The predicted octanol–water partition coefficient (Wildman–Crippen LogP) is 17.4. The average Bonchev–Trinajstić information content (AvgIpc) is 1.68.